The summed E-state index contributed by atoms with van der Waals surface area (Å²) in [4.78, 5) is 10.5. The van der Waals surface area contributed by atoms with Crippen LogP contribution in [0.3, 0.4) is 0 Å². The molecular weight excluding hydrogens is 229 g/mol. The molecule has 0 radical (unpaired) electrons. The van der Waals surface area contributed by atoms with Crippen molar-refractivity contribution in [3.05, 3.63) is 0 Å². The summed E-state index contributed by atoms with van der Waals surface area (Å²) in [5.74, 6) is 2.39. The lowest BCUT2D eigenvalue weighted by Crippen LogP contribution is -2.21. The molecule has 0 aromatic carbocycles. The van der Waals surface area contributed by atoms with Crippen LogP contribution in [-0.4, -0.2) is 12.0 Å². The number of Topliss-reactive ketones (excluding diaryl/α,β-unsaturated/α-hetero) is 1. The van der Waals surface area contributed by atoms with Crippen molar-refractivity contribution in [3.8, 4) is 11.8 Å². The average Bonchev–Trinajstić information content (AvgIpc) is 2.14. The summed E-state index contributed by atoms with van der Waals surface area (Å²) in [5, 5.41) is 0. The number of hydrogen-bond acceptors (Lipinski definition) is 1. The van der Waals surface area contributed by atoms with Crippen LogP contribution in [0.5, 0.6) is 0 Å². The molecule has 0 saturated heterocycles. The lowest BCUT2D eigenvalue weighted by Gasteiger charge is -2.19. The van der Waals surface area contributed by atoms with Crippen LogP contribution in [0.4, 0.5) is 13.2 Å². The summed E-state index contributed by atoms with van der Waals surface area (Å²) in [6.07, 6.45) is -4.19. The van der Waals surface area contributed by atoms with E-state index in [1.165, 1.54) is 0 Å². The third kappa shape index (κ3) is 9.92. The van der Waals surface area contributed by atoms with Crippen molar-refractivity contribution in [3.63, 3.8) is 0 Å². The van der Waals surface area contributed by atoms with Crippen LogP contribution in [0.2, 0.25) is 0 Å². The van der Waals surface area contributed by atoms with Crippen LogP contribution in [0.15, 0.2) is 0 Å². The summed E-state index contributed by atoms with van der Waals surface area (Å²) >= 11 is 0. The Kier molecular flexibility index (Phi) is 7.97. The molecule has 0 atom stereocenters. The summed E-state index contributed by atoms with van der Waals surface area (Å²) < 4.78 is 35.5. The second-order valence-corrected chi connectivity index (χ2v) is 4.56. The van der Waals surface area contributed by atoms with Gasteiger partial charge < -0.3 is 0 Å². The van der Waals surface area contributed by atoms with Gasteiger partial charge in [-0.15, -0.1) is 0 Å². The third-order valence-corrected chi connectivity index (χ3v) is 1.69. The van der Waals surface area contributed by atoms with Gasteiger partial charge in [0.2, 0.25) is 0 Å². The Morgan fingerprint density at radius 1 is 1.18 bits per heavy atom. The number of hydrogen-bond donors (Lipinski definition) is 0. The number of carbonyl (C=O) groups excluding carboxylic acids is 1. The van der Waals surface area contributed by atoms with Gasteiger partial charge >= 0.3 is 12.0 Å². The lowest BCUT2D eigenvalue weighted by atomic mass is 9.84. The van der Waals surface area contributed by atoms with Crippen molar-refractivity contribution in [1.82, 2.24) is 0 Å². The molecule has 17 heavy (non-hydrogen) atoms. The fourth-order valence-corrected chi connectivity index (χ4v) is 1.37. The van der Waals surface area contributed by atoms with Crippen molar-refractivity contribution in [2.75, 3.05) is 0 Å². The van der Waals surface area contributed by atoms with E-state index in [2.05, 4.69) is 5.92 Å². The van der Waals surface area contributed by atoms with Crippen LogP contribution >= 0.6 is 0 Å². The average molecular weight is 250 g/mol. The second kappa shape index (κ2) is 7.37. The van der Waals surface area contributed by atoms with E-state index in [9.17, 15) is 18.0 Å². The van der Waals surface area contributed by atoms with Crippen LogP contribution in [0.25, 0.3) is 0 Å². The van der Waals surface area contributed by atoms with Gasteiger partial charge in [0.1, 0.15) is 0 Å². The Bertz CT molecular complexity index is 290. The number of rotatable bonds is 2. The molecule has 0 aromatic rings. The molecule has 0 aliphatic heterocycles. The summed E-state index contributed by atoms with van der Waals surface area (Å²) in [5.41, 5.74) is -0.560. The Hall–Kier alpha value is -0.980. The van der Waals surface area contributed by atoms with Crippen molar-refractivity contribution in [1.29, 1.82) is 0 Å². The minimum atomic E-state index is -4.85. The van der Waals surface area contributed by atoms with Gasteiger partial charge in [-0.1, -0.05) is 33.6 Å². The van der Waals surface area contributed by atoms with E-state index in [0.717, 1.165) is 0 Å². The van der Waals surface area contributed by atoms with Gasteiger partial charge in [-0.25, -0.2) is 0 Å². The van der Waals surface area contributed by atoms with Gasteiger partial charge in [0.05, 0.1) is 0 Å². The zero-order valence-corrected chi connectivity index (χ0v) is 11.3. The molecule has 0 saturated carbocycles. The quantitative estimate of drug-likeness (QED) is 0.529. The van der Waals surface area contributed by atoms with Gasteiger partial charge in [-0.05, 0) is 32.1 Å². The van der Waals surface area contributed by atoms with Crippen LogP contribution in [0, 0.1) is 23.2 Å². The summed E-state index contributed by atoms with van der Waals surface area (Å²) in [7, 11) is 0. The third-order valence-electron chi connectivity index (χ3n) is 1.69. The Morgan fingerprint density at radius 2 is 1.59 bits per heavy atom. The van der Waals surface area contributed by atoms with E-state index in [4.69, 9.17) is 0 Å². The normalized spacial score (nSPS) is 11.2. The Balaban J connectivity index is 0. The van der Waals surface area contributed by atoms with E-state index in [0.29, 0.717) is 12.3 Å². The molecule has 0 bridgehead atoms. The summed E-state index contributed by atoms with van der Waals surface area (Å²) in [6.45, 7) is 11.4. The predicted molar refractivity (Wildman–Crippen MR) is 63.4 cm³/mol. The topological polar surface area (TPSA) is 17.1 Å². The lowest BCUT2D eigenvalue weighted by molar-refractivity contribution is -0.164. The van der Waals surface area contributed by atoms with E-state index in [1.807, 2.05) is 27.7 Å². The van der Waals surface area contributed by atoms with Crippen molar-refractivity contribution < 1.29 is 18.0 Å². The molecule has 1 nitrogen and oxygen atoms in total. The molecule has 0 N–H and O–H groups in total. The highest BCUT2D eigenvalue weighted by Crippen LogP contribution is 2.24. The Labute approximate surface area is 102 Å². The highest BCUT2D eigenvalue weighted by atomic mass is 19.4. The largest absolute Gasteiger partial charge is 0.462 e. The van der Waals surface area contributed by atoms with Gasteiger partial charge in [-0.2, -0.15) is 13.2 Å². The fraction of sp³-hybridized carbons (Fsp3) is 0.769. The molecule has 0 heterocycles. The predicted octanol–water partition coefficient (Wildman–Crippen LogP) is 4.22. The van der Waals surface area contributed by atoms with Gasteiger partial charge in [0, 0.05) is 5.41 Å². The van der Waals surface area contributed by atoms with Crippen molar-refractivity contribution >= 4 is 5.78 Å². The molecule has 0 unspecified atom stereocenters. The second-order valence-electron chi connectivity index (χ2n) is 4.56. The standard InChI is InChI=1S/C11H15F3O.C2H6/c1-8(2)7-10(3,4)6-5-9(15)11(12,13)14;1-2/h8H,7H2,1-4H3;1-2H3. The van der Waals surface area contributed by atoms with Crippen molar-refractivity contribution in [2.45, 2.75) is 54.1 Å². The maximum atomic E-state index is 11.8. The molecule has 100 valence electrons. The van der Waals surface area contributed by atoms with E-state index in [1.54, 1.807) is 19.8 Å². The minimum absolute atomic E-state index is 0.329. The maximum Gasteiger partial charge on any atom is 0.462 e. The Morgan fingerprint density at radius 3 is 1.88 bits per heavy atom. The molecule has 0 spiro atoms. The van der Waals surface area contributed by atoms with Gasteiger partial charge in [0.15, 0.2) is 0 Å². The monoisotopic (exact) mass is 250 g/mol. The molecule has 0 amide bonds. The molecule has 0 aliphatic rings. The first-order chi connectivity index (χ1) is 7.54. The van der Waals surface area contributed by atoms with Crippen LogP contribution < -0.4 is 0 Å². The SMILES string of the molecule is CC.CC(C)CC(C)(C)C#CC(=O)C(F)(F)F. The first-order valence-electron chi connectivity index (χ1n) is 5.69. The number of halogens is 3. The van der Waals surface area contributed by atoms with E-state index < -0.39 is 17.4 Å². The van der Waals surface area contributed by atoms with Crippen molar-refractivity contribution in [2.24, 2.45) is 11.3 Å². The smallest absolute Gasteiger partial charge is 0.275 e. The minimum Gasteiger partial charge on any atom is -0.275 e. The zero-order chi connectivity index (χ0) is 14.3. The van der Waals surface area contributed by atoms with Crippen LogP contribution in [-0.2, 0) is 4.79 Å². The van der Waals surface area contributed by atoms with Gasteiger partial charge in [0.25, 0.3) is 0 Å². The molecule has 0 fully saturated rings. The van der Waals surface area contributed by atoms with E-state index in [-0.39, 0.29) is 0 Å². The van der Waals surface area contributed by atoms with Gasteiger partial charge in [-0.3, -0.25) is 4.79 Å². The fourth-order valence-electron chi connectivity index (χ4n) is 1.37. The highest BCUT2D eigenvalue weighted by Gasteiger charge is 2.37. The number of carbonyl (C=O) groups is 1. The maximum absolute atomic E-state index is 11.8. The van der Waals surface area contributed by atoms with Crippen LogP contribution in [0.1, 0.15) is 48.0 Å². The zero-order valence-electron chi connectivity index (χ0n) is 11.3. The molecule has 4 heteroatoms. The summed E-state index contributed by atoms with van der Waals surface area (Å²) in [6, 6.07) is 0. The molecule has 0 aromatic heterocycles. The number of alkyl halides is 3. The molecule has 0 aliphatic carbocycles. The molecular formula is C13H21F3O. The first-order valence-corrected chi connectivity index (χ1v) is 5.69. The highest BCUT2D eigenvalue weighted by molar-refractivity contribution is 5.99. The van der Waals surface area contributed by atoms with E-state index >= 15 is 0 Å². The first kappa shape index (κ1) is 18.4. The number of ketones is 1. The molecule has 0 rings (SSSR count).